The highest BCUT2D eigenvalue weighted by Gasteiger charge is 2.30. The van der Waals surface area contributed by atoms with Crippen LogP contribution in [0.25, 0.3) is 0 Å². The molecule has 0 aromatic carbocycles. The Morgan fingerprint density at radius 3 is 2.65 bits per heavy atom. The zero-order valence-electron chi connectivity index (χ0n) is 9.82. The Kier molecular flexibility index (Phi) is 5.25. The number of nitrogens with zero attached hydrogens (tertiary/aromatic N) is 1. The van der Waals surface area contributed by atoms with Crippen LogP contribution in [-0.4, -0.2) is 30.6 Å². The molecule has 0 radical (unpaired) electrons. The Bertz CT molecular complexity index is 320. The second kappa shape index (κ2) is 6.72. The van der Waals surface area contributed by atoms with Crippen molar-refractivity contribution >= 4 is 5.97 Å². The number of carbonyl (C=O) groups is 1. The van der Waals surface area contributed by atoms with E-state index in [0.717, 1.165) is 12.8 Å². The Morgan fingerprint density at radius 2 is 2.12 bits per heavy atom. The highest BCUT2D eigenvalue weighted by atomic mass is 16.6. The summed E-state index contributed by atoms with van der Waals surface area (Å²) < 4.78 is 4.84. The summed E-state index contributed by atoms with van der Waals surface area (Å²) in [6.45, 7) is 3.38. The molecule has 0 atom stereocenters. The van der Waals surface area contributed by atoms with Gasteiger partial charge in [-0.25, -0.2) is 4.79 Å². The van der Waals surface area contributed by atoms with Crippen LogP contribution in [-0.2, 0) is 9.53 Å². The van der Waals surface area contributed by atoms with Crippen molar-refractivity contribution in [2.45, 2.75) is 26.2 Å². The summed E-state index contributed by atoms with van der Waals surface area (Å²) in [5, 5.41) is 16.4. The van der Waals surface area contributed by atoms with Crippen LogP contribution < -0.4 is 10.6 Å². The molecule has 1 rings (SSSR count). The van der Waals surface area contributed by atoms with Crippen molar-refractivity contribution in [3.63, 3.8) is 0 Å². The molecular formula is C10H17N3O4. The number of nitrogens with one attached hydrogen (secondary N) is 2. The van der Waals surface area contributed by atoms with Crippen LogP contribution in [0.2, 0.25) is 0 Å². The maximum atomic E-state index is 11.6. The van der Waals surface area contributed by atoms with E-state index in [1.54, 1.807) is 0 Å². The van der Waals surface area contributed by atoms with Gasteiger partial charge in [0.15, 0.2) is 5.82 Å². The predicted molar refractivity (Wildman–Crippen MR) is 60.5 cm³/mol. The first kappa shape index (κ1) is 13.3. The number of esters is 1. The summed E-state index contributed by atoms with van der Waals surface area (Å²) in [7, 11) is 0. The van der Waals surface area contributed by atoms with E-state index in [2.05, 4.69) is 10.6 Å². The van der Waals surface area contributed by atoms with Crippen LogP contribution in [0, 0.1) is 10.1 Å². The summed E-state index contributed by atoms with van der Waals surface area (Å²) >= 11 is 0. The van der Waals surface area contributed by atoms with Gasteiger partial charge in [-0.15, -0.1) is 0 Å². The molecule has 1 heterocycles. The van der Waals surface area contributed by atoms with E-state index in [0.29, 0.717) is 19.5 Å². The van der Waals surface area contributed by atoms with Crippen LogP contribution in [0.15, 0.2) is 11.5 Å². The van der Waals surface area contributed by atoms with Gasteiger partial charge in [-0.3, -0.25) is 10.1 Å². The van der Waals surface area contributed by atoms with Crippen molar-refractivity contribution in [1.29, 1.82) is 0 Å². The SMILES string of the molecule is CCCCOC(=O)C(=C1NCCCN1)[N+](=O)[O-]. The fourth-order valence-electron chi connectivity index (χ4n) is 1.39. The van der Waals surface area contributed by atoms with Gasteiger partial charge in [0.2, 0.25) is 0 Å². The maximum absolute atomic E-state index is 11.6. The predicted octanol–water partition coefficient (Wildman–Crippen LogP) is 0.358. The molecule has 0 unspecified atom stereocenters. The maximum Gasteiger partial charge on any atom is 0.413 e. The van der Waals surface area contributed by atoms with Crippen LogP contribution in [0.3, 0.4) is 0 Å². The minimum atomic E-state index is -0.889. The number of hydrogen-bond acceptors (Lipinski definition) is 6. The van der Waals surface area contributed by atoms with Gasteiger partial charge >= 0.3 is 11.7 Å². The smallest absolute Gasteiger partial charge is 0.413 e. The fraction of sp³-hybridized carbons (Fsp3) is 0.700. The minimum Gasteiger partial charge on any atom is -0.457 e. The quantitative estimate of drug-likeness (QED) is 0.238. The second-order valence-corrected chi connectivity index (χ2v) is 3.68. The Morgan fingerprint density at radius 1 is 1.47 bits per heavy atom. The summed E-state index contributed by atoms with van der Waals surface area (Å²) in [6, 6.07) is 0. The monoisotopic (exact) mass is 243 g/mol. The van der Waals surface area contributed by atoms with E-state index in [9.17, 15) is 14.9 Å². The Balaban J connectivity index is 2.70. The molecule has 96 valence electrons. The van der Waals surface area contributed by atoms with Gasteiger partial charge in [-0.05, 0) is 12.8 Å². The van der Waals surface area contributed by atoms with Gasteiger partial charge in [0.1, 0.15) is 0 Å². The van der Waals surface area contributed by atoms with E-state index < -0.39 is 16.6 Å². The molecule has 1 aliphatic rings. The fourth-order valence-corrected chi connectivity index (χ4v) is 1.39. The van der Waals surface area contributed by atoms with E-state index in [1.165, 1.54) is 0 Å². The third-order valence-electron chi connectivity index (χ3n) is 2.30. The van der Waals surface area contributed by atoms with Crippen molar-refractivity contribution in [3.8, 4) is 0 Å². The lowest BCUT2D eigenvalue weighted by Crippen LogP contribution is -2.39. The van der Waals surface area contributed by atoms with E-state index in [-0.39, 0.29) is 12.4 Å². The zero-order valence-corrected chi connectivity index (χ0v) is 9.82. The third kappa shape index (κ3) is 3.93. The van der Waals surface area contributed by atoms with Gasteiger partial charge in [0.25, 0.3) is 0 Å². The summed E-state index contributed by atoms with van der Waals surface area (Å²) in [5.74, 6) is -0.733. The first-order chi connectivity index (χ1) is 8.16. The summed E-state index contributed by atoms with van der Waals surface area (Å²) in [4.78, 5) is 21.7. The number of rotatable bonds is 5. The summed E-state index contributed by atoms with van der Waals surface area (Å²) in [5.41, 5.74) is -0.541. The summed E-state index contributed by atoms with van der Waals surface area (Å²) in [6.07, 6.45) is 2.43. The molecule has 17 heavy (non-hydrogen) atoms. The average molecular weight is 243 g/mol. The molecular weight excluding hydrogens is 226 g/mol. The average Bonchev–Trinajstić information content (AvgIpc) is 2.30. The van der Waals surface area contributed by atoms with Gasteiger partial charge in [-0.2, -0.15) is 0 Å². The number of ether oxygens (including phenoxy) is 1. The largest absolute Gasteiger partial charge is 0.457 e. The first-order valence-electron chi connectivity index (χ1n) is 5.70. The van der Waals surface area contributed by atoms with Gasteiger partial charge in [0.05, 0.1) is 11.5 Å². The van der Waals surface area contributed by atoms with Crippen molar-refractivity contribution < 1.29 is 14.5 Å². The zero-order chi connectivity index (χ0) is 12.7. The molecule has 7 heteroatoms. The molecule has 1 saturated heterocycles. The molecule has 0 bridgehead atoms. The lowest BCUT2D eigenvalue weighted by molar-refractivity contribution is -0.423. The van der Waals surface area contributed by atoms with E-state index >= 15 is 0 Å². The van der Waals surface area contributed by atoms with Gasteiger partial charge in [0, 0.05) is 13.1 Å². The van der Waals surface area contributed by atoms with Crippen LogP contribution in [0.4, 0.5) is 0 Å². The lowest BCUT2D eigenvalue weighted by Gasteiger charge is -2.18. The molecule has 1 aliphatic heterocycles. The molecule has 2 N–H and O–H groups in total. The van der Waals surface area contributed by atoms with E-state index in [1.807, 2.05) is 6.92 Å². The molecule has 0 saturated carbocycles. The number of nitro groups is 1. The van der Waals surface area contributed by atoms with Crippen molar-refractivity contribution in [2.75, 3.05) is 19.7 Å². The first-order valence-corrected chi connectivity index (χ1v) is 5.70. The minimum absolute atomic E-state index is 0.155. The number of unbranched alkanes of at least 4 members (excludes halogenated alkanes) is 1. The molecule has 7 nitrogen and oxygen atoms in total. The molecule has 0 amide bonds. The van der Waals surface area contributed by atoms with Gasteiger partial charge in [-0.1, -0.05) is 13.3 Å². The molecule has 1 fully saturated rings. The highest BCUT2D eigenvalue weighted by molar-refractivity contribution is 5.86. The van der Waals surface area contributed by atoms with Crippen LogP contribution in [0.5, 0.6) is 0 Å². The highest BCUT2D eigenvalue weighted by Crippen LogP contribution is 2.06. The molecule has 0 spiro atoms. The number of carbonyl (C=O) groups excluding carboxylic acids is 1. The number of hydrogen-bond donors (Lipinski definition) is 2. The topological polar surface area (TPSA) is 93.5 Å². The van der Waals surface area contributed by atoms with E-state index in [4.69, 9.17) is 4.74 Å². The molecule has 0 aliphatic carbocycles. The van der Waals surface area contributed by atoms with Crippen molar-refractivity contribution in [2.24, 2.45) is 0 Å². The van der Waals surface area contributed by atoms with Crippen molar-refractivity contribution in [1.82, 2.24) is 10.6 Å². The van der Waals surface area contributed by atoms with Gasteiger partial charge < -0.3 is 15.4 Å². The normalized spacial score (nSPS) is 14.5. The van der Waals surface area contributed by atoms with Crippen LogP contribution in [0.1, 0.15) is 26.2 Å². The standard InChI is InChI=1S/C10H17N3O4/c1-2-3-7-17-10(14)8(13(15)16)9-11-5-4-6-12-9/h11-12H,2-7H2,1H3. The Hall–Kier alpha value is -1.79. The van der Waals surface area contributed by atoms with Crippen molar-refractivity contribution in [3.05, 3.63) is 21.6 Å². The Labute approximate surface area is 99.4 Å². The lowest BCUT2D eigenvalue weighted by atomic mass is 10.3. The van der Waals surface area contributed by atoms with Crippen LogP contribution >= 0.6 is 0 Å². The second-order valence-electron chi connectivity index (χ2n) is 3.68. The molecule has 0 aromatic heterocycles. The molecule has 0 aromatic rings. The third-order valence-corrected chi connectivity index (χ3v) is 2.30.